The van der Waals surface area contributed by atoms with Gasteiger partial charge in [0.2, 0.25) is 5.91 Å². The minimum absolute atomic E-state index is 0.180. The Morgan fingerprint density at radius 2 is 1.81 bits per heavy atom. The van der Waals surface area contributed by atoms with Gasteiger partial charge in [0.05, 0.1) is 0 Å². The van der Waals surface area contributed by atoms with Crippen molar-refractivity contribution in [3.63, 3.8) is 0 Å². The van der Waals surface area contributed by atoms with Gasteiger partial charge < -0.3 is 15.5 Å². The number of benzene rings is 2. The molecule has 0 saturated carbocycles. The summed E-state index contributed by atoms with van der Waals surface area (Å²) in [4.78, 5) is 14.5. The smallest absolute Gasteiger partial charge is 0.223 e. The summed E-state index contributed by atoms with van der Waals surface area (Å²) < 4.78 is 0. The zero-order valence-corrected chi connectivity index (χ0v) is 16.4. The van der Waals surface area contributed by atoms with Crippen molar-refractivity contribution in [1.82, 2.24) is 15.5 Å². The molecule has 0 bridgehead atoms. The number of amides is 1. The van der Waals surface area contributed by atoms with Gasteiger partial charge in [0, 0.05) is 25.0 Å². The normalized spacial score (nSPS) is 17.4. The number of hydrogen-bond acceptors (Lipinski definition) is 3. The first kappa shape index (κ1) is 19.6. The zero-order chi connectivity index (χ0) is 19.1. The van der Waals surface area contributed by atoms with Gasteiger partial charge in [-0.05, 0) is 56.2 Å². The van der Waals surface area contributed by atoms with Gasteiger partial charge >= 0.3 is 0 Å². The molecule has 0 radical (unpaired) electrons. The maximum atomic E-state index is 12.2. The van der Waals surface area contributed by atoms with Crippen molar-refractivity contribution in [2.45, 2.75) is 25.8 Å². The number of carbonyl (C=O) groups is 1. The van der Waals surface area contributed by atoms with Gasteiger partial charge in [-0.1, -0.05) is 54.6 Å². The van der Waals surface area contributed by atoms with Crippen LogP contribution in [0.15, 0.2) is 54.6 Å². The van der Waals surface area contributed by atoms with Crippen LogP contribution in [0.1, 0.15) is 31.4 Å². The van der Waals surface area contributed by atoms with Crippen LogP contribution >= 0.6 is 0 Å². The minimum Gasteiger partial charge on any atom is -0.352 e. The highest BCUT2D eigenvalue weighted by Crippen LogP contribution is 2.23. The summed E-state index contributed by atoms with van der Waals surface area (Å²) in [7, 11) is 2.11. The monoisotopic (exact) mass is 365 g/mol. The highest BCUT2D eigenvalue weighted by molar-refractivity contribution is 5.86. The Balaban J connectivity index is 1.41. The molecule has 0 unspecified atom stereocenters. The number of carbonyl (C=O) groups excluding carboxylic acids is 1. The Morgan fingerprint density at radius 1 is 1.11 bits per heavy atom. The second-order valence-electron chi connectivity index (χ2n) is 7.49. The van der Waals surface area contributed by atoms with E-state index in [0.717, 1.165) is 32.5 Å². The molecule has 3 rings (SSSR count). The third-order valence-electron chi connectivity index (χ3n) is 5.48. The molecular weight excluding hydrogens is 334 g/mol. The zero-order valence-electron chi connectivity index (χ0n) is 16.4. The third kappa shape index (κ3) is 5.41. The van der Waals surface area contributed by atoms with E-state index >= 15 is 0 Å². The average Bonchev–Trinajstić information content (AvgIpc) is 2.70. The Bertz CT molecular complexity index is 773. The Labute approximate surface area is 162 Å². The maximum absolute atomic E-state index is 12.2. The van der Waals surface area contributed by atoms with Crippen LogP contribution in [-0.2, 0) is 4.79 Å². The molecule has 2 aromatic carbocycles. The van der Waals surface area contributed by atoms with E-state index in [4.69, 9.17) is 0 Å². The van der Waals surface area contributed by atoms with Crippen molar-refractivity contribution in [2.75, 3.05) is 33.2 Å². The molecule has 27 heavy (non-hydrogen) atoms. The highest BCUT2D eigenvalue weighted by Gasteiger charge is 2.22. The summed E-state index contributed by atoms with van der Waals surface area (Å²) in [6, 6.07) is 15.2. The molecule has 2 N–H and O–H groups in total. The van der Waals surface area contributed by atoms with E-state index in [1.807, 2.05) is 6.08 Å². The molecule has 1 aliphatic rings. The lowest BCUT2D eigenvalue weighted by molar-refractivity contribution is -0.126. The van der Waals surface area contributed by atoms with Crippen molar-refractivity contribution < 1.29 is 4.79 Å². The maximum Gasteiger partial charge on any atom is 0.223 e. The molecule has 1 fully saturated rings. The second-order valence-corrected chi connectivity index (χ2v) is 7.49. The van der Waals surface area contributed by atoms with Crippen molar-refractivity contribution >= 4 is 16.7 Å². The molecule has 1 heterocycles. The Kier molecular flexibility index (Phi) is 7.02. The summed E-state index contributed by atoms with van der Waals surface area (Å²) in [6.45, 7) is 5.62. The number of rotatable bonds is 7. The number of likely N-dealkylation sites (tertiary alicyclic amines) is 1. The van der Waals surface area contributed by atoms with E-state index in [9.17, 15) is 4.79 Å². The Morgan fingerprint density at radius 3 is 2.63 bits per heavy atom. The van der Waals surface area contributed by atoms with E-state index in [1.165, 1.54) is 16.3 Å². The van der Waals surface area contributed by atoms with Crippen molar-refractivity contribution in [1.29, 1.82) is 0 Å². The van der Waals surface area contributed by atoms with Gasteiger partial charge in [0.1, 0.15) is 0 Å². The average molecular weight is 366 g/mol. The fourth-order valence-electron chi connectivity index (χ4n) is 3.72. The standard InChI is InChI=1S/C23H31N3O/c1-18(21-11-7-9-19-8-3-4-10-22(19)21)24-14-5-6-15-25-23(27)20-12-16-26(2)17-13-20/h3-11,18,20,24H,12-17H2,1-2H3,(H,25,27)/b6-5+/t18-/m1/s1. The lowest BCUT2D eigenvalue weighted by atomic mass is 9.96. The molecule has 1 saturated heterocycles. The van der Waals surface area contributed by atoms with Crippen LogP contribution in [-0.4, -0.2) is 44.0 Å². The summed E-state index contributed by atoms with van der Waals surface area (Å²) in [5.41, 5.74) is 1.32. The quantitative estimate of drug-likeness (QED) is 0.738. The predicted molar refractivity (Wildman–Crippen MR) is 113 cm³/mol. The van der Waals surface area contributed by atoms with E-state index in [2.05, 4.69) is 78.0 Å². The molecule has 4 nitrogen and oxygen atoms in total. The van der Waals surface area contributed by atoms with E-state index in [1.54, 1.807) is 0 Å². The molecular formula is C23H31N3O. The molecule has 0 aliphatic carbocycles. The molecule has 4 heteroatoms. The Hall–Kier alpha value is -2.17. The molecule has 0 spiro atoms. The predicted octanol–water partition coefficient (Wildman–Crippen LogP) is 3.50. The van der Waals surface area contributed by atoms with E-state index in [0.29, 0.717) is 6.54 Å². The summed E-state index contributed by atoms with van der Waals surface area (Å²) in [5.74, 6) is 0.379. The lowest BCUT2D eigenvalue weighted by Crippen LogP contribution is -2.39. The number of hydrogen-bond donors (Lipinski definition) is 2. The number of piperidine rings is 1. The van der Waals surface area contributed by atoms with Crippen LogP contribution in [0.25, 0.3) is 10.8 Å². The van der Waals surface area contributed by atoms with Gasteiger partial charge in [0.15, 0.2) is 0 Å². The van der Waals surface area contributed by atoms with Gasteiger partial charge in [0.25, 0.3) is 0 Å². The summed E-state index contributed by atoms with van der Waals surface area (Å²) >= 11 is 0. The number of nitrogens with one attached hydrogen (secondary N) is 2. The first-order valence-corrected chi connectivity index (χ1v) is 9.97. The topological polar surface area (TPSA) is 44.4 Å². The third-order valence-corrected chi connectivity index (χ3v) is 5.48. The largest absolute Gasteiger partial charge is 0.352 e. The van der Waals surface area contributed by atoms with Crippen molar-refractivity contribution in [2.24, 2.45) is 5.92 Å². The summed E-state index contributed by atoms with van der Waals surface area (Å²) in [5, 5.41) is 9.16. The van der Waals surface area contributed by atoms with Crippen molar-refractivity contribution in [3.05, 3.63) is 60.2 Å². The van der Waals surface area contributed by atoms with Gasteiger partial charge in [-0.25, -0.2) is 0 Å². The van der Waals surface area contributed by atoms with Gasteiger partial charge in [-0.15, -0.1) is 0 Å². The molecule has 1 amide bonds. The van der Waals surface area contributed by atoms with Crippen LogP contribution < -0.4 is 10.6 Å². The number of nitrogens with zero attached hydrogens (tertiary/aromatic N) is 1. The summed E-state index contributed by atoms with van der Waals surface area (Å²) in [6.07, 6.45) is 6.07. The number of fused-ring (bicyclic) bond motifs is 1. The lowest BCUT2D eigenvalue weighted by Gasteiger charge is -2.27. The van der Waals surface area contributed by atoms with Gasteiger partial charge in [-0.3, -0.25) is 4.79 Å². The van der Waals surface area contributed by atoms with Crippen LogP contribution in [0.3, 0.4) is 0 Å². The van der Waals surface area contributed by atoms with Crippen LogP contribution in [0.5, 0.6) is 0 Å². The van der Waals surface area contributed by atoms with Crippen LogP contribution in [0.4, 0.5) is 0 Å². The van der Waals surface area contributed by atoms with Crippen LogP contribution in [0.2, 0.25) is 0 Å². The van der Waals surface area contributed by atoms with E-state index in [-0.39, 0.29) is 17.9 Å². The molecule has 2 aromatic rings. The highest BCUT2D eigenvalue weighted by atomic mass is 16.1. The van der Waals surface area contributed by atoms with Crippen LogP contribution in [0, 0.1) is 5.92 Å². The fraction of sp³-hybridized carbons (Fsp3) is 0.435. The second kappa shape index (κ2) is 9.67. The molecule has 0 aromatic heterocycles. The molecule has 144 valence electrons. The minimum atomic E-state index is 0.180. The first-order chi connectivity index (χ1) is 13.1. The van der Waals surface area contributed by atoms with Crippen molar-refractivity contribution in [3.8, 4) is 0 Å². The fourth-order valence-corrected chi connectivity index (χ4v) is 3.72. The molecule has 1 atom stereocenters. The molecule has 1 aliphatic heterocycles. The first-order valence-electron chi connectivity index (χ1n) is 9.97. The SMILES string of the molecule is C[C@@H](NC/C=C/CNC(=O)C1CCN(C)CC1)c1cccc2ccccc12. The van der Waals surface area contributed by atoms with Gasteiger partial charge in [-0.2, -0.15) is 0 Å². The van der Waals surface area contributed by atoms with E-state index < -0.39 is 0 Å².